The number of nitrogens with one attached hydrogen (secondary N) is 1. The van der Waals surface area contributed by atoms with Crippen LogP contribution in [0.2, 0.25) is 0 Å². The van der Waals surface area contributed by atoms with Gasteiger partial charge in [-0.1, -0.05) is 13.8 Å². The Bertz CT molecular complexity index is 340. The summed E-state index contributed by atoms with van der Waals surface area (Å²) in [7, 11) is 1.87. The number of benzene rings is 1. The molecule has 3 heteroatoms. The Labute approximate surface area is 104 Å². The van der Waals surface area contributed by atoms with Crippen LogP contribution in [0.15, 0.2) is 24.3 Å². The topological polar surface area (TPSA) is 32.3 Å². The molecule has 1 aromatic rings. The summed E-state index contributed by atoms with van der Waals surface area (Å²) in [6.07, 6.45) is 2.00. The molecule has 1 N–H and O–H groups in total. The molecular formula is C14H22N2O. The van der Waals surface area contributed by atoms with Crippen molar-refractivity contribution in [3.63, 3.8) is 0 Å². The zero-order valence-corrected chi connectivity index (χ0v) is 11.0. The van der Waals surface area contributed by atoms with E-state index in [1.165, 1.54) is 0 Å². The molecule has 0 aliphatic heterocycles. The average molecular weight is 234 g/mol. The van der Waals surface area contributed by atoms with E-state index in [0.717, 1.165) is 37.2 Å². The van der Waals surface area contributed by atoms with Gasteiger partial charge in [0.05, 0.1) is 0 Å². The first-order chi connectivity index (χ1) is 8.22. The Hall–Kier alpha value is -1.51. The van der Waals surface area contributed by atoms with E-state index in [9.17, 15) is 4.79 Å². The van der Waals surface area contributed by atoms with Crippen LogP contribution in [0.1, 0.15) is 37.0 Å². The average Bonchev–Trinajstić information content (AvgIpc) is 2.38. The van der Waals surface area contributed by atoms with Gasteiger partial charge in [0.25, 0.3) is 5.91 Å². The third kappa shape index (κ3) is 3.77. The van der Waals surface area contributed by atoms with Gasteiger partial charge >= 0.3 is 0 Å². The fourth-order valence-corrected chi connectivity index (χ4v) is 1.82. The maximum atomic E-state index is 12.2. The smallest absolute Gasteiger partial charge is 0.253 e. The number of carbonyl (C=O) groups is 1. The number of hydrogen-bond donors (Lipinski definition) is 1. The summed E-state index contributed by atoms with van der Waals surface area (Å²) in [6.45, 7) is 5.86. The second-order valence-corrected chi connectivity index (χ2v) is 4.12. The first-order valence-electron chi connectivity index (χ1n) is 6.30. The Balaban J connectivity index is 2.77. The normalized spacial score (nSPS) is 10.1. The van der Waals surface area contributed by atoms with Crippen molar-refractivity contribution in [1.29, 1.82) is 0 Å². The van der Waals surface area contributed by atoms with Crippen LogP contribution in [0.4, 0.5) is 5.69 Å². The summed E-state index contributed by atoms with van der Waals surface area (Å²) in [6, 6.07) is 7.63. The second-order valence-electron chi connectivity index (χ2n) is 4.12. The first kappa shape index (κ1) is 13.6. The van der Waals surface area contributed by atoms with Gasteiger partial charge < -0.3 is 10.2 Å². The number of carbonyl (C=O) groups excluding carboxylic acids is 1. The van der Waals surface area contributed by atoms with Gasteiger partial charge in [-0.15, -0.1) is 0 Å². The van der Waals surface area contributed by atoms with Crippen LogP contribution < -0.4 is 5.32 Å². The van der Waals surface area contributed by atoms with E-state index < -0.39 is 0 Å². The van der Waals surface area contributed by atoms with E-state index in [0.29, 0.717) is 0 Å². The van der Waals surface area contributed by atoms with Crippen LogP contribution in [0, 0.1) is 0 Å². The summed E-state index contributed by atoms with van der Waals surface area (Å²) < 4.78 is 0. The number of rotatable bonds is 6. The number of anilines is 1. The van der Waals surface area contributed by atoms with Gasteiger partial charge in [0.1, 0.15) is 0 Å². The first-order valence-corrected chi connectivity index (χ1v) is 6.30. The van der Waals surface area contributed by atoms with Gasteiger partial charge in [-0.2, -0.15) is 0 Å². The van der Waals surface area contributed by atoms with E-state index in [2.05, 4.69) is 19.2 Å². The van der Waals surface area contributed by atoms with Crippen molar-refractivity contribution < 1.29 is 4.79 Å². The number of nitrogens with zero attached hydrogens (tertiary/aromatic N) is 1. The second kappa shape index (κ2) is 6.94. The zero-order chi connectivity index (χ0) is 12.7. The molecule has 0 aliphatic carbocycles. The van der Waals surface area contributed by atoms with Crippen molar-refractivity contribution >= 4 is 11.6 Å². The highest BCUT2D eigenvalue weighted by Crippen LogP contribution is 2.11. The minimum Gasteiger partial charge on any atom is -0.388 e. The molecule has 17 heavy (non-hydrogen) atoms. The Kier molecular flexibility index (Phi) is 5.53. The van der Waals surface area contributed by atoms with Crippen molar-refractivity contribution in [2.75, 3.05) is 25.5 Å². The molecule has 0 aromatic heterocycles. The highest BCUT2D eigenvalue weighted by atomic mass is 16.2. The molecule has 0 spiro atoms. The Morgan fingerprint density at radius 2 is 1.65 bits per heavy atom. The van der Waals surface area contributed by atoms with Crippen LogP contribution >= 0.6 is 0 Å². The molecule has 1 aromatic carbocycles. The summed E-state index contributed by atoms with van der Waals surface area (Å²) >= 11 is 0. The monoisotopic (exact) mass is 234 g/mol. The predicted molar refractivity (Wildman–Crippen MR) is 72.5 cm³/mol. The molecule has 0 saturated heterocycles. The van der Waals surface area contributed by atoms with Gasteiger partial charge in [0, 0.05) is 31.4 Å². The molecule has 0 unspecified atom stereocenters. The van der Waals surface area contributed by atoms with Crippen LogP contribution in [0.25, 0.3) is 0 Å². The number of hydrogen-bond acceptors (Lipinski definition) is 2. The lowest BCUT2D eigenvalue weighted by molar-refractivity contribution is 0.0755. The van der Waals surface area contributed by atoms with Crippen molar-refractivity contribution in [1.82, 2.24) is 4.90 Å². The zero-order valence-electron chi connectivity index (χ0n) is 11.0. The molecule has 0 bridgehead atoms. The molecule has 0 aliphatic rings. The summed E-state index contributed by atoms with van der Waals surface area (Å²) in [5.74, 6) is 0.136. The van der Waals surface area contributed by atoms with Gasteiger partial charge in [-0.25, -0.2) is 0 Å². The van der Waals surface area contributed by atoms with E-state index in [1.807, 2.05) is 36.2 Å². The van der Waals surface area contributed by atoms with E-state index >= 15 is 0 Å². The summed E-state index contributed by atoms with van der Waals surface area (Å²) in [4.78, 5) is 14.2. The Morgan fingerprint density at radius 3 is 2.06 bits per heavy atom. The van der Waals surface area contributed by atoms with Gasteiger partial charge in [-0.3, -0.25) is 4.79 Å². The third-order valence-corrected chi connectivity index (χ3v) is 2.69. The molecule has 1 rings (SSSR count). The number of amides is 1. The highest BCUT2D eigenvalue weighted by Gasteiger charge is 2.13. The van der Waals surface area contributed by atoms with Crippen LogP contribution in [0.5, 0.6) is 0 Å². The highest BCUT2D eigenvalue weighted by molar-refractivity contribution is 5.94. The van der Waals surface area contributed by atoms with Gasteiger partial charge in [-0.05, 0) is 37.1 Å². The fraction of sp³-hybridized carbons (Fsp3) is 0.500. The standard InChI is InChI=1S/C14H22N2O/c1-4-10-16(11-5-2)14(17)12-6-8-13(15-3)9-7-12/h6-9,15H,4-5,10-11H2,1-3H3. The lowest BCUT2D eigenvalue weighted by atomic mass is 10.1. The maximum Gasteiger partial charge on any atom is 0.253 e. The van der Waals surface area contributed by atoms with Crippen molar-refractivity contribution in [3.05, 3.63) is 29.8 Å². The van der Waals surface area contributed by atoms with E-state index in [-0.39, 0.29) is 5.91 Å². The van der Waals surface area contributed by atoms with Crippen molar-refractivity contribution in [2.24, 2.45) is 0 Å². The molecular weight excluding hydrogens is 212 g/mol. The molecule has 0 heterocycles. The molecule has 0 fully saturated rings. The quantitative estimate of drug-likeness (QED) is 0.820. The lowest BCUT2D eigenvalue weighted by Gasteiger charge is -2.21. The molecule has 1 amide bonds. The largest absolute Gasteiger partial charge is 0.388 e. The minimum absolute atomic E-state index is 0.136. The molecule has 0 saturated carbocycles. The Morgan fingerprint density at radius 1 is 1.12 bits per heavy atom. The van der Waals surface area contributed by atoms with Gasteiger partial charge in [0.2, 0.25) is 0 Å². The van der Waals surface area contributed by atoms with Gasteiger partial charge in [0.15, 0.2) is 0 Å². The fourth-order valence-electron chi connectivity index (χ4n) is 1.82. The summed E-state index contributed by atoms with van der Waals surface area (Å²) in [5, 5.41) is 3.05. The lowest BCUT2D eigenvalue weighted by Crippen LogP contribution is -2.32. The van der Waals surface area contributed by atoms with Crippen LogP contribution in [0.3, 0.4) is 0 Å². The predicted octanol–water partition coefficient (Wildman–Crippen LogP) is 2.99. The van der Waals surface area contributed by atoms with Crippen LogP contribution in [-0.4, -0.2) is 30.9 Å². The molecule has 0 radical (unpaired) electrons. The molecule has 0 atom stereocenters. The molecule has 3 nitrogen and oxygen atoms in total. The summed E-state index contributed by atoms with van der Waals surface area (Å²) in [5.41, 5.74) is 1.80. The molecule has 94 valence electrons. The van der Waals surface area contributed by atoms with Crippen LogP contribution in [-0.2, 0) is 0 Å². The SMILES string of the molecule is CCCN(CCC)C(=O)c1ccc(NC)cc1. The third-order valence-electron chi connectivity index (χ3n) is 2.69. The van der Waals surface area contributed by atoms with Crippen molar-refractivity contribution in [2.45, 2.75) is 26.7 Å². The minimum atomic E-state index is 0.136. The van der Waals surface area contributed by atoms with E-state index in [4.69, 9.17) is 0 Å². The van der Waals surface area contributed by atoms with E-state index in [1.54, 1.807) is 0 Å². The van der Waals surface area contributed by atoms with Crippen molar-refractivity contribution in [3.8, 4) is 0 Å². The maximum absolute atomic E-state index is 12.2.